The van der Waals surface area contributed by atoms with Crippen molar-refractivity contribution in [1.29, 1.82) is 0 Å². The molecule has 0 atom stereocenters. The Kier molecular flexibility index (Phi) is 3.00. The smallest absolute Gasteiger partial charge is 0.165 e. The molecule has 2 aromatic rings. The van der Waals surface area contributed by atoms with Gasteiger partial charge in [-0.2, -0.15) is 5.10 Å². The van der Waals surface area contributed by atoms with Crippen LogP contribution >= 0.6 is 0 Å². The molecule has 1 aromatic heterocycles. The van der Waals surface area contributed by atoms with Gasteiger partial charge in [-0.3, -0.25) is 9.48 Å². The van der Waals surface area contributed by atoms with Gasteiger partial charge >= 0.3 is 0 Å². The van der Waals surface area contributed by atoms with Crippen LogP contribution in [0, 0.1) is 0 Å². The maximum absolute atomic E-state index is 10.9. The van der Waals surface area contributed by atoms with E-state index in [4.69, 9.17) is 4.74 Å². The highest BCUT2D eigenvalue weighted by atomic mass is 16.5. The summed E-state index contributed by atoms with van der Waals surface area (Å²) in [6.45, 7) is 1.80. The van der Waals surface area contributed by atoms with Gasteiger partial charge in [0, 0.05) is 0 Å². The summed E-state index contributed by atoms with van der Waals surface area (Å²) in [5.41, 5.74) is 0. The summed E-state index contributed by atoms with van der Waals surface area (Å²) in [4.78, 5) is 10.9. The van der Waals surface area contributed by atoms with E-state index in [1.54, 1.807) is 17.1 Å². The van der Waals surface area contributed by atoms with Gasteiger partial charge in [-0.25, -0.2) is 0 Å². The Bertz CT molecular complexity index is 477. The predicted molar refractivity (Wildman–Crippen MR) is 59.4 cm³/mol. The van der Waals surface area contributed by atoms with Crippen LogP contribution in [0.25, 0.3) is 0 Å². The monoisotopic (exact) mass is 216 g/mol. The van der Waals surface area contributed by atoms with Crippen LogP contribution in [-0.2, 0) is 11.3 Å². The summed E-state index contributed by atoms with van der Waals surface area (Å²) in [6.07, 6.45) is 3.30. The van der Waals surface area contributed by atoms with E-state index in [9.17, 15) is 4.79 Å². The van der Waals surface area contributed by atoms with Crippen molar-refractivity contribution in [2.75, 3.05) is 0 Å². The number of Topliss-reactive ketones (excluding diaryl/α,β-unsaturated/α-hetero) is 1. The van der Waals surface area contributed by atoms with Gasteiger partial charge in [0.2, 0.25) is 0 Å². The van der Waals surface area contributed by atoms with E-state index in [2.05, 4.69) is 5.10 Å². The van der Waals surface area contributed by atoms with Gasteiger partial charge in [-0.15, -0.1) is 0 Å². The maximum atomic E-state index is 10.9. The second kappa shape index (κ2) is 4.61. The summed E-state index contributed by atoms with van der Waals surface area (Å²) in [6, 6.07) is 9.45. The zero-order valence-electron chi connectivity index (χ0n) is 8.96. The molecule has 0 bridgehead atoms. The molecule has 0 N–H and O–H groups in total. The highest BCUT2D eigenvalue weighted by Crippen LogP contribution is 2.19. The number of hydrogen-bond acceptors (Lipinski definition) is 3. The van der Waals surface area contributed by atoms with E-state index >= 15 is 0 Å². The number of carbonyl (C=O) groups excluding carboxylic acids is 1. The molecule has 0 fully saturated rings. The number of hydrogen-bond donors (Lipinski definition) is 0. The molecule has 4 heteroatoms. The largest absolute Gasteiger partial charge is 0.454 e. The lowest BCUT2D eigenvalue weighted by molar-refractivity contribution is -0.117. The Hall–Kier alpha value is -2.10. The number of nitrogens with zero attached hydrogens (tertiary/aromatic N) is 2. The number of benzene rings is 1. The van der Waals surface area contributed by atoms with Crippen LogP contribution in [0.5, 0.6) is 11.5 Å². The average Bonchev–Trinajstić information content (AvgIpc) is 2.66. The lowest BCUT2D eigenvalue weighted by Crippen LogP contribution is -2.05. The van der Waals surface area contributed by atoms with Gasteiger partial charge in [0.15, 0.2) is 11.5 Å². The third kappa shape index (κ3) is 2.70. The van der Waals surface area contributed by atoms with Crippen molar-refractivity contribution in [3.63, 3.8) is 0 Å². The predicted octanol–water partition coefficient (Wildman–Crippen LogP) is 2.26. The Morgan fingerprint density at radius 1 is 1.31 bits per heavy atom. The van der Waals surface area contributed by atoms with Crippen LogP contribution in [0.3, 0.4) is 0 Å². The second-order valence-electron chi connectivity index (χ2n) is 3.49. The fraction of sp³-hybridized carbons (Fsp3) is 0.167. The molecule has 0 aliphatic heterocycles. The Balaban J connectivity index is 2.06. The highest BCUT2D eigenvalue weighted by Gasteiger charge is 2.02. The number of aromatic nitrogens is 2. The molecule has 0 saturated heterocycles. The Morgan fingerprint density at radius 2 is 2.06 bits per heavy atom. The first kappa shape index (κ1) is 10.4. The van der Waals surface area contributed by atoms with Gasteiger partial charge < -0.3 is 4.74 Å². The van der Waals surface area contributed by atoms with E-state index in [1.807, 2.05) is 30.3 Å². The molecule has 0 unspecified atom stereocenters. The van der Waals surface area contributed by atoms with Crippen LogP contribution in [0.15, 0.2) is 42.7 Å². The van der Waals surface area contributed by atoms with E-state index in [0.717, 1.165) is 5.75 Å². The lowest BCUT2D eigenvalue weighted by atomic mass is 10.3. The molecule has 0 spiro atoms. The summed E-state index contributed by atoms with van der Waals surface area (Å²) < 4.78 is 7.10. The molecule has 16 heavy (non-hydrogen) atoms. The molecule has 0 saturated carbocycles. The first-order valence-electron chi connectivity index (χ1n) is 4.99. The third-order valence-electron chi connectivity index (χ3n) is 1.97. The molecule has 0 radical (unpaired) electrons. The first-order valence-corrected chi connectivity index (χ1v) is 4.99. The fourth-order valence-corrected chi connectivity index (χ4v) is 1.34. The van der Waals surface area contributed by atoms with E-state index < -0.39 is 0 Å². The van der Waals surface area contributed by atoms with Crippen molar-refractivity contribution < 1.29 is 9.53 Å². The summed E-state index contributed by atoms with van der Waals surface area (Å²) >= 11 is 0. The molecule has 82 valence electrons. The first-order chi connectivity index (χ1) is 7.74. The summed E-state index contributed by atoms with van der Waals surface area (Å²) in [5.74, 6) is 1.45. The van der Waals surface area contributed by atoms with Gasteiger partial charge in [0.1, 0.15) is 5.75 Å². The SMILES string of the molecule is CC(=O)Cn1cc(Oc2ccccc2)cn1. The number of ether oxygens (including phenoxy) is 1. The zero-order valence-corrected chi connectivity index (χ0v) is 8.96. The normalized spacial score (nSPS) is 10.1. The maximum Gasteiger partial charge on any atom is 0.165 e. The standard InChI is InChI=1S/C12H12N2O2/c1-10(15)8-14-9-12(7-13-14)16-11-5-3-2-4-6-11/h2-7,9H,8H2,1H3. The second-order valence-corrected chi connectivity index (χ2v) is 3.49. The molecule has 0 aliphatic carbocycles. The number of para-hydroxylation sites is 1. The van der Waals surface area contributed by atoms with Crippen LogP contribution < -0.4 is 4.74 Å². The molecule has 0 aliphatic rings. The Morgan fingerprint density at radius 3 is 2.75 bits per heavy atom. The minimum absolute atomic E-state index is 0.0642. The van der Waals surface area contributed by atoms with Crippen molar-refractivity contribution >= 4 is 5.78 Å². The molecular formula is C12H12N2O2. The lowest BCUT2D eigenvalue weighted by Gasteiger charge is -2.00. The molecule has 0 amide bonds. The third-order valence-corrected chi connectivity index (χ3v) is 1.97. The van der Waals surface area contributed by atoms with E-state index in [1.165, 1.54) is 6.92 Å². The minimum atomic E-state index is 0.0642. The zero-order chi connectivity index (χ0) is 11.4. The van der Waals surface area contributed by atoms with Gasteiger partial charge in [-0.1, -0.05) is 18.2 Å². The summed E-state index contributed by atoms with van der Waals surface area (Å²) in [7, 11) is 0. The minimum Gasteiger partial charge on any atom is -0.454 e. The quantitative estimate of drug-likeness (QED) is 0.787. The number of ketones is 1. The van der Waals surface area contributed by atoms with Gasteiger partial charge in [0.25, 0.3) is 0 Å². The van der Waals surface area contributed by atoms with Crippen molar-refractivity contribution in [3.05, 3.63) is 42.7 Å². The van der Waals surface area contributed by atoms with E-state index in [-0.39, 0.29) is 12.3 Å². The van der Waals surface area contributed by atoms with Crippen molar-refractivity contribution in [3.8, 4) is 11.5 Å². The van der Waals surface area contributed by atoms with E-state index in [0.29, 0.717) is 5.75 Å². The van der Waals surface area contributed by atoms with Crippen molar-refractivity contribution in [2.24, 2.45) is 0 Å². The Labute approximate surface area is 93.5 Å². The number of rotatable bonds is 4. The van der Waals surface area contributed by atoms with Crippen LogP contribution in [0.1, 0.15) is 6.92 Å². The average molecular weight is 216 g/mol. The topological polar surface area (TPSA) is 44.1 Å². The van der Waals surface area contributed by atoms with Crippen LogP contribution in [0.4, 0.5) is 0 Å². The van der Waals surface area contributed by atoms with Gasteiger partial charge in [0.05, 0.1) is 18.9 Å². The van der Waals surface area contributed by atoms with Crippen molar-refractivity contribution in [2.45, 2.75) is 13.5 Å². The number of carbonyl (C=O) groups is 1. The molecular weight excluding hydrogens is 204 g/mol. The van der Waals surface area contributed by atoms with Crippen molar-refractivity contribution in [1.82, 2.24) is 9.78 Å². The van der Waals surface area contributed by atoms with Crippen LogP contribution in [0.2, 0.25) is 0 Å². The summed E-state index contributed by atoms with van der Waals surface area (Å²) in [5, 5.41) is 4.02. The molecule has 1 heterocycles. The molecule has 1 aromatic carbocycles. The molecule has 2 rings (SSSR count). The molecule has 4 nitrogen and oxygen atoms in total. The van der Waals surface area contributed by atoms with Crippen LogP contribution in [-0.4, -0.2) is 15.6 Å². The fourth-order valence-electron chi connectivity index (χ4n) is 1.34. The van der Waals surface area contributed by atoms with Gasteiger partial charge in [-0.05, 0) is 19.1 Å². The highest BCUT2D eigenvalue weighted by molar-refractivity contribution is 5.75.